The van der Waals surface area contributed by atoms with Crippen molar-refractivity contribution in [3.63, 3.8) is 0 Å². The Morgan fingerprint density at radius 3 is 2.19 bits per heavy atom. The highest BCUT2D eigenvalue weighted by atomic mass is 16.5. The summed E-state index contributed by atoms with van der Waals surface area (Å²) >= 11 is 0. The van der Waals surface area contributed by atoms with E-state index >= 15 is 0 Å². The molecule has 0 aliphatic heterocycles. The van der Waals surface area contributed by atoms with Crippen molar-refractivity contribution in [2.75, 3.05) is 13.7 Å². The maximum atomic E-state index is 12.7. The van der Waals surface area contributed by atoms with Crippen LogP contribution in [0.1, 0.15) is 28.3 Å². The lowest BCUT2D eigenvalue weighted by Gasteiger charge is -2.18. The first-order chi connectivity index (χ1) is 18.0. The van der Waals surface area contributed by atoms with Gasteiger partial charge < -0.3 is 24.5 Å². The summed E-state index contributed by atoms with van der Waals surface area (Å²) in [6.45, 7) is 0.698. The average Bonchev–Trinajstić information content (AvgIpc) is 3.49. The van der Waals surface area contributed by atoms with Crippen molar-refractivity contribution in [2.45, 2.75) is 24.9 Å². The second-order valence-electron chi connectivity index (χ2n) is 9.04. The van der Waals surface area contributed by atoms with Crippen LogP contribution < -0.4 is 10.1 Å². The van der Waals surface area contributed by atoms with Crippen molar-refractivity contribution in [1.82, 2.24) is 9.88 Å². The molecule has 37 heavy (non-hydrogen) atoms. The number of alkyl carbamates (subject to hydrolysis) is 1. The molecular weight excluding hydrogens is 468 g/mol. The van der Waals surface area contributed by atoms with Gasteiger partial charge in [-0.15, -0.1) is 0 Å². The summed E-state index contributed by atoms with van der Waals surface area (Å²) in [4.78, 5) is 24.7. The molecule has 0 radical (unpaired) electrons. The third-order valence-electron chi connectivity index (χ3n) is 6.78. The highest BCUT2D eigenvalue weighted by Crippen LogP contribution is 2.44. The molecule has 1 aliphatic carbocycles. The topological polar surface area (TPSA) is 89.8 Å². The quantitative estimate of drug-likeness (QED) is 0.337. The van der Waals surface area contributed by atoms with Crippen LogP contribution in [0.2, 0.25) is 0 Å². The number of fused-ring (bicyclic) bond motifs is 3. The van der Waals surface area contributed by atoms with Crippen LogP contribution in [0.5, 0.6) is 5.75 Å². The van der Waals surface area contributed by atoms with E-state index in [4.69, 9.17) is 9.47 Å². The van der Waals surface area contributed by atoms with Crippen LogP contribution >= 0.6 is 0 Å². The first-order valence-corrected chi connectivity index (χ1v) is 12.1. The van der Waals surface area contributed by atoms with E-state index in [0.717, 1.165) is 39.3 Å². The van der Waals surface area contributed by atoms with E-state index in [1.165, 1.54) is 0 Å². The third kappa shape index (κ3) is 5.21. The number of rotatable bonds is 9. The second-order valence-corrected chi connectivity index (χ2v) is 9.04. The molecule has 0 spiro atoms. The summed E-state index contributed by atoms with van der Waals surface area (Å²) in [5, 5.41) is 12.3. The van der Waals surface area contributed by atoms with E-state index in [1.54, 1.807) is 7.11 Å². The number of carboxylic acid groups (broad SMARTS) is 1. The summed E-state index contributed by atoms with van der Waals surface area (Å²) < 4.78 is 12.7. The molecule has 4 aromatic rings. The van der Waals surface area contributed by atoms with E-state index in [0.29, 0.717) is 6.54 Å². The Kier molecular flexibility index (Phi) is 6.94. The Hall–Kier alpha value is -4.52. The highest BCUT2D eigenvalue weighted by Gasteiger charge is 2.30. The largest absolute Gasteiger partial charge is 0.497 e. The summed E-state index contributed by atoms with van der Waals surface area (Å²) in [6.07, 6.45) is 1.27. The van der Waals surface area contributed by atoms with Gasteiger partial charge in [-0.2, -0.15) is 0 Å². The molecule has 188 valence electrons. The number of amides is 1. The summed E-state index contributed by atoms with van der Waals surface area (Å²) in [7, 11) is 1.62. The molecule has 5 rings (SSSR count). The lowest BCUT2D eigenvalue weighted by Crippen LogP contribution is -2.43. The molecule has 1 atom stereocenters. The van der Waals surface area contributed by atoms with Gasteiger partial charge in [-0.05, 0) is 52.1 Å². The zero-order valence-electron chi connectivity index (χ0n) is 20.5. The van der Waals surface area contributed by atoms with E-state index < -0.39 is 18.1 Å². The molecule has 1 aromatic heterocycles. The van der Waals surface area contributed by atoms with Crippen LogP contribution in [0.4, 0.5) is 4.79 Å². The number of nitrogens with one attached hydrogen (secondary N) is 1. The van der Waals surface area contributed by atoms with E-state index in [-0.39, 0.29) is 18.9 Å². The zero-order valence-corrected chi connectivity index (χ0v) is 20.5. The van der Waals surface area contributed by atoms with Gasteiger partial charge in [0.2, 0.25) is 0 Å². The van der Waals surface area contributed by atoms with Gasteiger partial charge in [0.1, 0.15) is 18.4 Å². The highest BCUT2D eigenvalue weighted by molar-refractivity contribution is 5.81. The number of benzene rings is 3. The maximum absolute atomic E-state index is 12.7. The minimum atomic E-state index is -1.12. The molecule has 1 unspecified atom stereocenters. The van der Waals surface area contributed by atoms with Crippen LogP contribution in [0.15, 0.2) is 91.1 Å². The Morgan fingerprint density at radius 1 is 0.919 bits per heavy atom. The average molecular weight is 497 g/mol. The van der Waals surface area contributed by atoms with Gasteiger partial charge in [-0.1, -0.05) is 60.7 Å². The fourth-order valence-corrected chi connectivity index (χ4v) is 4.91. The maximum Gasteiger partial charge on any atom is 0.407 e. The molecule has 0 saturated carbocycles. The molecule has 1 amide bonds. The predicted molar refractivity (Wildman–Crippen MR) is 140 cm³/mol. The Morgan fingerprint density at radius 2 is 1.57 bits per heavy atom. The number of nitrogens with zero attached hydrogens (tertiary/aromatic N) is 1. The molecule has 7 heteroatoms. The molecular formula is C30H28N2O5. The number of hydrogen-bond acceptors (Lipinski definition) is 4. The van der Waals surface area contributed by atoms with Gasteiger partial charge >= 0.3 is 12.1 Å². The molecule has 1 aliphatic rings. The van der Waals surface area contributed by atoms with Crippen molar-refractivity contribution >= 4 is 12.1 Å². The second kappa shape index (κ2) is 10.6. The van der Waals surface area contributed by atoms with Crippen LogP contribution in [0.25, 0.3) is 11.1 Å². The molecule has 2 N–H and O–H groups in total. The Bertz CT molecular complexity index is 1360. The molecule has 0 bridgehead atoms. The van der Waals surface area contributed by atoms with Gasteiger partial charge in [-0.3, -0.25) is 0 Å². The van der Waals surface area contributed by atoms with Crippen molar-refractivity contribution in [3.05, 3.63) is 114 Å². The van der Waals surface area contributed by atoms with E-state index in [1.807, 2.05) is 83.6 Å². The minimum absolute atomic E-state index is 0.0943. The number of carbonyl (C=O) groups excluding carboxylic acids is 1. The first kappa shape index (κ1) is 24.2. The number of aliphatic carboxylic acids is 1. The number of ether oxygens (including phenoxy) is 2. The van der Waals surface area contributed by atoms with Crippen molar-refractivity contribution < 1.29 is 24.2 Å². The Labute approximate surface area is 215 Å². The van der Waals surface area contributed by atoms with Gasteiger partial charge in [0.05, 0.1) is 7.11 Å². The molecule has 1 heterocycles. The van der Waals surface area contributed by atoms with Crippen molar-refractivity contribution in [2.24, 2.45) is 0 Å². The number of carboxylic acids is 1. The smallest absolute Gasteiger partial charge is 0.407 e. The SMILES string of the molecule is COc1ccc(Cn2cccc2CC(NC(=O)OCC2c3ccccc3-c3ccccc32)C(=O)O)cc1. The standard InChI is InChI=1S/C30H28N2O5/c1-36-22-14-12-20(13-15-22)18-32-16-6-7-21(32)17-28(29(33)34)31-30(35)37-19-27-25-10-4-2-8-23(25)24-9-3-5-11-26(24)27/h2-16,27-28H,17-19H2,1H3,(H,31,35)(H,33,34). The summed E-state index contributed by atoms with van der Waals surface area (Å²) in [5.74, 6) is -0.441. The van der Waals surface area contributed by atoms with E-state index in [9.17, 15) is 14.7 Å². The van der Waals surface area contributed by atoms with Crippen LogP contribution in [-0.2, 0) is 22.5 Å². The normalized spacial score (nSPS) is 12.9. The fourth-order valence-electron chi connectivity index (χ4n) is 4.91. The number of aromatic nitrogens is 1. The number of carbonyl (C=O) groups is 2. The lowest BCUT2D eigenvalue weighted by atomic mass is 9.98. The van der Waals surface area contributed by atoms with Crippen LogP contribution in [-0.4, -0.2) is 41.5 Å². The third-order valence-corrected chi connectivity index (χ3v) is 6.78. The van der Waals surface area contributed by atoms with Crippen molar-refractivity contribution in [1.29, 1.82) is 0 Å². The van der Waals surface area contributed by atoms with Gasteiger partial charge in [0.25, 0.3) is 0 Å². The summed E-state index contributed by atoms with van der Waals surface area (Å²) in [5.41, 5.74) is 6.31. The predicted octanol–water partition coefficient (Wildman–Crippen LogP) is 5.08. The molecule has 0 fully saturated rings. The number of hydrogen-bond donors (Lipinski definition) is 2. The molecule has 7 nitrogen and oxygen atoms in total. The molecule has 3 aromatic carbocycles. The van der Waals surface area contributed by atoms with Crippen LogP contribution in [0, 0.1) is 0 Å². The first-order valence-electron chi connectivity index (χ1n) is 12.1. The fraction of sp³-hybridized carbons (Fsp3) is 0.200. The summed E-state index contributed by atoms with van der Waals surface area (Å²) in [6, 6.07) is 26.4. The molecule has 0 saturated heterocycles. The van der Waals surface area contributed by atoms with E-state index in [2.05, 4.69) is 17.4 Å². The van der Waals surface area contributed by atoms with Gasteiger partial charge in [0, 0.05) is 30.8 Å². The minimum Gasteiger partial charge on any atom is -0.497 e. The zero-order chi connectivity index (χ0) is 25.8. The van der Waals surface area contributed by atoms with Crippen molar-refractivity contribution in [3.8, 4) is 16.9 Å². The monoisotopic (exact) mass is 496 g/mol. The van der Waals surface area contributed by atoms with Crippen LogP contribution in [0.3, 0.4) is 0 Å². The van der Waals surface area contributed by atoms with Gasteiger partial charge in [0.15, 0.2) is 0 Å². The number of methoxy groups -OCH3 is 1. The Balaban J connectivity index is 1.23. The van der Waals surface area contributed by atoms with Gasteiger partial charge in [-0.25, -0.2) is 9.59 Å². The lowest BCUT2D eigenvalue weighted by molar-refractivity contribution is -0.139.